The van der Waals surface area contributed by atoms with Crippen molar-refractivity contribution in [2.45, 2.75) is 33.1 Å². The van der Waals surface area contributed by atoms with Crippen molar-refractivity contribution in [2.24, 2.45) is 0 Å². The minimum atomic E-state index is 0.162. The van der Waals surface area contributed by atoms with Crippen LogP contribution in [0.15, 0.2) is 6.07 Å². The lowest BCUT2D eigenvalue weighted by molar-refractivity contribution is 0.490. The summed E-state index contributed by atoms with van der Waals surface area (Å²) >= 11 is 1.48. The molecule has 1 aromatic rings. The van der Waals surface area contributed by atoms with Crippen molar-refractivity contribution in [1.82, 2.24) is 0 Å². The van der Waals surface area contributed by atoms with Gasteiger partial charge in [0.05, 0.1) is 0 Å². The molecule has 0 unspecified atom stereocenters. The van der Waals surface area contributed by atoms with Gasteiger partial charge in [-0.15, -0.1) is 11.3 Å². The third kappa shape index (κ3) is 1.74. The van der Waals surface area contributed by atoms with Gasteiger partial charge < -0.3 is 5.11 Å². The molecule has 11 heavy (non-hydrogen) atoms. The minimum Gasteiger partial charge on any atom is -0.499 e. The van der Waals surface area contributed by atoms with Gasteiger partial charge in [-0.3, -0.25) is 0 Å². The summed E-state index contributed by atoms with van der Waals surface area (Å²) in [5, 5.41) is 9.64. The van der Waals surface area contributed by atoms with E-state index in [1.54, 1.807) is 0 Å². The maximum atomic E-state index is 9.22. The normalized spacial score (nSPS) is 12.0. The standard InChI is InChI=1S/C9H14OS/c1-6-5-7(10)11-8(6)9(2,3)4/h5,10H,1-4H3. The summed E-state index contributed by atoms with van der Waals surface area (Å²) in [6.45, 7) is 8.51. The Morgan fingerprint density at radius 3 is 2.09 bits per heavy atom. The van der Waals surface area contributed by atoms with Crippen molar-refractivity contribution in [3.63, 3.8) is 0 Å². The zero-order valence-electron chi connectivity index (χ0n) is 7.43. The van der Waals surface area contributed by atoms with Gasteiger partial charge in [-0.05, 0) is 24.0 Å². The van der Waals surface area contributed by atoms with Crippen molar-refractivity contribution in [1.29, 1.82) is 0 Å². The first kappa shape index (κ1) is 8.60. The molecule has 0 atom stereocenters. The van der Waals surface area contributed by atoms with E-state index < -0.39 is 0 Å². The average molecular weight is 170 g/mol. The van der Waals surface area contributed by atoms with Crippen LogP contribution in [-0.4, -0.2) is 5.11 Å². The molecule has 0 amide bonds. The molecule has 0 aromatic carbocycles. The summed E-state index contributed by atoms with van der Waals surface area (Å²) in [6, 6.07) is 1.82. The summed E-state index contributed by atoms with van der Waals surface area (Å²) in [7, 11) is 0. The van der Waals surface area contributed by atoms with Crippen LogP contribution >= 0.6 is 11.3 Å². The maximum absolute atomic E-state index is 9.22. The molecule has 2 heteroatoms. The fourth-order valence-corrected chi connectivity index (χ4v) is 2.18. The summed E-state index contributed by atoms with van der Waals surface area (Å²) in [5.41, 5.74) is 1.36. The Bertz CT molecular complexity index is 255. The summed E-state index contributed by atoms with van der Waals surface area (Å²) in [6.07, 6.45) is 0. The number of aryl methyl sites for hydroxylation is 1. The van der Waals surface area contributed by atoms with Gasteiger partial charge in [0.15, 0.2) is 5.06 Å². The van der Waals surface area contributed by atoms with Crippen LogP contribution in [0.4, 0.5) is 0 Å². The Hall–Kier alpha value is -0.500. The predicted octanol–water partition coefficient (Wildman–Crippen LogP) is 3.06. The minimum absolute atomic E-state index is 0.162. The van der Waals surface area contributed by atoms with Crippen LogP contribution in [0.5, 0.6) is 5.06 Å². The van der Waals surface area contributed by atoms with E-state index in [1.807, 2.05) is 13.0 Å². The highest BCUT2D eigenvalue weighted by Gasteiger charge is 2.18. The van der Waals surface area contributed by atoms with E-state index in [4.69, 9.17) is 0 Å². The Balaban J connectivity index is 3.13. The van der Waals surface area contributed by atoms with Crippen molar-refractivity contribution < 1.29 is 5.11 Å². The van der Waals surface area contributed by atoms with Gasteiger partial charge in [0.1, 0.15) is 0 Å². The van der Waals surface area contributed by atoms with E-state index >= 15 is 0 Å². The highest BCUT2D eigenvalue weighted by atomic mass is 32.1. The van der Waals surface area contributed by atoms with Crippen molar-refractivity contribution >= 4 is 11.3 Å². The maximum Gasteiger partial charge on any atom is 0.171 e. The number of hydrogen-bond donors (Lipinski definition) is 1. The number of aromatic hydroxyl groups is 1. The lowest BCUT2D eigenvalue weighted by Crippen LogP contribution is -2.09. The highest BCUT2D eigenvalue weighted by Crippen LogP contribution is 2.36. The SMILES string of the molecule is Cc1cc(O)sc1C(C)(C)C. The van der Waals surface area contributed by atoms with Gasteiger partial charge in [-0.25, -0.2) is 0 Å². The van der Waals surface area contributed by atoms with Crippen LogP contribution in [0.3, 0.4) is 0 Å². The Morgan fingerprint density at radius 1 is 1.36 bits per heavy atom. The Labute approximate surface area is 71.7 Å². The third-order valence-corrected chi connectivity index (χ3v) is 3.05. The summed E-state index contributed by atoms with van der Waals surface area (Å²) in [5.74, 6) is 0. The van der Waals surface area contributed by atoms with Gasteiger partial charge in [-0.1, -0.05) is 20.8 Å². The van der Waals surface area contributed by atoms with Gasteiger partial charge in [0.25, 0.3) is 0 Å². The zero-order valence-corrected chi connectivity index (χ0v) is 8.25. The fraction of sp³-hybridized carbons (Fsp3) is 0.556. The van der Waals surface area contributed by atoms with Crippen molar-refractivity contribution in [3.05, 3.63) is 16.5 Å². The molecular formula is C9H14OS. The molecular weight excluding hydrogens is 156 g/mol. The number of rotatable bonds is 0. The molecule has 0 spiro atoms. The van der Waals surface area contributed by atoms with Gasteiger partial charge in [-0.2, -0.15) is 0 Å². The second kappa shape index (κ2) is 2.52. The Morgan fingerprint density at radius 2 is 1.91 bits per heavy atom. The van der Waals surface area contributed by atoms with Crippen LogP contribution in [0.1, 0.15) is 31.2 Å². The summed E-state index contributed by atoms with van der Waals surface area (Å²) in [4.78, 5) is 1.27. The molecule has 1 heterocycles. The number of hydrogen-bond acceptors (Lipinski definition) is 2. The summed E-state index contributed by atoms with van der Waals surface area (Å²) < 4.78 is 0. The monoisotopic (exact) mass is 170 g/mol. The van der Waals surface area contributed by atoms with Crippen molar-refractivity contribution in [3.8, 4) is 5.06 Å². The van der Waals surface area contributed by atoms with Crippen LogP contribution in [0.2, 0.25) is 0 Å². The molecule has 1 aromatic heterocycles. The molecule has 0 aliphatic rings. The average Bonchev–Trinajstić information content (AvgIpc) is 2.08. The van der Waals surface area contributed by atoms with Crippen LogP contribution in [0.25, 0.3) is 0 Å². The molecule has 0 radical (unpaired) electrons. The largest absolute Gasteiger partial charge is 0.499 e. The lowest BCUT2D eigenvalue weighted by atomic mass is 9.92. The molecule has 0 saturated heterocycles. The molecule has 1 rings (SSSR count). The molecule has 0 fully saturated rings. The first-order valence-electron chi connectivity index (χ1n) is 3.71. The molecule has 62 valence electrons. The fourth-order valence-electron chi connectivity index (χ4n) is 1.21. The third-order valence-electron chi connectivity index (χ3n) is 1.59. The molecule has 0 aliphatic carbocycles. The first-order valence-corrected chi connectivity index (χ1v) is 4.53. The van der Waals surface area contributed by atoms with E-state index in [2.05, 4.69) is 20.8 Å². The van der Waals surface area contributed by atoms with E-state index in [1.165, 1.54) is 21.8 Å². The highest BCUT2D eigenvalue weighted by molar-refractivity contribution is 7.14. The second-order valence-corrected chi connectivity index (χ2v) is 4.88. The van der Waals surface area contributed by atoms with E-state index in [0.717, 1.165) is 0 Å². The van der Waals surface area contributed by atoms with E-state index in [-0.39, 0.29) is 5.41 Å². The lowest BCUT2D eigenvalue weighted by Gasteiger charge is -2.16. The van der Waals surface area contributed by atoms with Gasteiger partial charge in [0, 0.05) is 4.88 Å². The van der Waals surface area contributed by atoms with Crippen LogP contribution < -0.4 is 0 Å². The number of thiophene rings is 1. The second-order valence-electron chi connectivity index (χ2n) is 3.85. The molecule has 0 aliphatic heterocycles. The predicted molar refractivity (Wildman–Crippen MR) is 49.4 cm³/mol. The van der Waals surface area contributed by atoms with E-state index in [9.17, 15) is 5.11 Å². The van der Waals surface area contributed by atoms with Crippen molar-refractivity contribution in [2.75, 3.05) is 0 Å². The zero-order chi connectivity index (χ0) is 8.65. The van der Waals surface area contributed by atoms with E-state index in [0.29, 0.717) is 5.06 Å². The molecule has 1 N–H and O–H groups in total. The molecule has 0 saturated carbocycles. The smallest absolute Gasteiger partial charge is 0.171 e. The van der Waals surface area contributed by atoms with Crippen LogP contribution in [-0.2, 0) is 5.41 Å². The molecule has 0 bridgehead atoms. The quantitative estimate of drug-likeness (QED) is 0.634. The van der Waals surface area contributed by atoms with Gasteiger partial charge >= 0.3 is 0 Å². The Kier molecular flexibility index (Phi) is 1.97. The van der Waals surface area contributed by atoms with Gasteiger partial charge in [0.2, 0.25) is 0 Å². The first-order chi connectivity index (χ1) is 4.91. The topological polar surface area (TPSA) is 20.2 Å². The molecule has 1 nitrogen and oxygen atoms in total. The van der Waals surface area contributed by atoms with Crippen LogP contribution in [0, 0.1) is 6.92 Å².